The fourth-order valence-electron chi connectivity index (χ4n) is 1.58. The second-order valence-corrected chi connectivity index (χ2v) is 3.52. The number of aromatic amines is 1. The number of hydrogen-bond donors (Lipinski definition) is 3. The Bertz CT molecular complexity index is 541. The van der Waals surface area contributed by atoms with Crippen LogP contribution < -0.4 is 11.4 Å². The molecule has 0 amide bonds. The van der Waals surface area contributed by atoms with E-state index in [1.165, 1.54) is 4.57 Å². The van der Waals surface area contributed by atoms with Crippen LogP contribution in [0.25, 0.3) is 11.0 Å². The van der Waals surface area contributed by atoms with Crippen LogP contribution in [-0.2, 0) is 7.05 Å². The predicted octanol–water partition coefficient (Wildman–Crippen LogP) is -0.141. The number of rotatable bonds is 2. The molecule has 1 aromatic carbocycles. The first-order valence-electron chi connectivity index (χ1n) is 4.70. The van der Waals surface area contributed by atoms with Gasteiger partial charge in [-0.15, -0.1) is 0 Å². The summed E-state index contributed by atoms with van der Waals surface area (Å²) in [7, 11) is 1.68. The molecular weight excluding hydrogens is 194 g/mol. The van der Waals surface area contributed by atoms with Crippen molar-refractivity contribution in [3.05, 3.63) is 34.2 Å². The van der Waals surface area contributed by atoms with Crippen molar-refractivity contribution in [3.63, 3.8) is 0 Å². The number of nitrogens with zero attached hydrogens (tertiary/aromatic N) is 1. The van der Waals surface area contributed by atoms with Crippen molar-refractivity contribution in [2.45, 2.75) is 6.10 Å². The van der Waals surface area contributed by atoms with Crippen molar-refractivity contribution >= 4 is 11.0 Å². The Kier molecular flexibility index (Phi) is 2.34. The van der Waals surface area contributed by atoms with Crippen LogP contribution in [0.4, 0.5) is 0 Å². The third-order valence-corrected chi connectivity index (χ3v) is 2.54. The Morgan fingerprint density at radius 3 is 3.00 bits per heavy atom. The van der Waals surface area contributed by atoms with Gasteiger partial charge < -0.3 is 15.8 Å². The summed E-state index contributed by atoms with van der Waals surface area (Å²) in [4.78, 5) is 14.0. The molecule has 1 heterocycles. The number of aromatic nitrogens is 2. The summed E-state index contributed by atoms with van der Waals surface area (Å²) in [5, 5.41) is 9.56. The van der Waals surface area contributed by atoms with Crippen LogP contribution in [0.2, 0.25) is 0 Å². The Morgan fingerprint density at radius 2 is 2.33 bits per heavy atom. The minimum atomic E-state index is -0.681. The van der Waals surface area contributed by atoms with Gasteiger partial charge in [-0.1, -0.05) is 6.07 Å². The van der Waals surface area contributed by atoms with E-state index >= 15 is 0 Å². The molecule has 0 fully saturated rings. The van der Waals surface area contributed by atoms with Gasteiger partial charge in [0.05, 0.1) is 17.1 Å². The van der Waals surface area contributed by atoms with Gasteiger partial charge in [0.25, 0.3) is 0 Å². The lowest BCUT2D eigenvalue weighted by Crippen LogP contribution is -2.13. The monoisotopic (exact) mass is 207 g/mol. The van der Waals surface area contributed by atoms with Gasteiger partial charge in [-0.2, -0.15) is 0 Å². The zero-order valence-electron chi connectivity index (χ0n) is 8.40. The largest absolute Gasteiger partial charge is 0.387 e. The Hall–Kier alpha value is -1.59. The molecule has 0 aliphatic carbocycles. The van der Waals surface area contributed by atoms with E-state index in [1.54, 1.807) is 25.2 Å². The first-order chi connectivity index (χ1) is 7.13. The molecule has 80 valence electrons. The van der Waals surface area contributed by atoms with Crippen LogP contribution in [0, 0.1) is 0 Å². The number of H-pyrrole nitrogens is 1. The summed E-state index contributed by atoms with van der Waals surface area (Å²) in [6, 6.07) is 5.30. The summed E-state index contributed by atoms with van der Waals surface area (Å²) in [5.74, 6) is 0. The topological polar surface area (TPSA) is 84.0 Å². The first-order valence-corrected chi connectivity index (χ1v) is 4.70. The van der Waals surface area contributed by atoms with E-state index in [2.05, 4.69) is 4.98 Å². The van der Waals surface area contributed by atoms with Gasteiger partial charge in [0.1, 0.15) is 0 Å². The van der Waals surface area contributed by atoms with Crippen LogP contribution in [0.3, 0.4) is 0 Å². The third-order valence-electron chi connectivity index (χ3n) is 2.54. The van der Waals surface area contributed by atoms with Gasteiger partial charge in [0, 0.05) is 13.6 Å². The SMILES string of the molecule is Cn1c(=O)[nH]c2ccc(C(O)CN)cc21. The number of aliphatic hydroxyl groups excluding tert-OH is 1. The van der Waals surface area contributed by atoms with Gasteiger partial charge >= 0.3 is 5.69 Å². The third kappa shape index (κ3) is 1.55. The van der Waals surface area contributed by atoms with Crippen LogP contribution in [0.1, 0.15) is 11.7 Å². The maximum Gasteiger partial charge on any atom is 0.326 e. The second kappa shape index (κ2) is 3.52. The lowest BCUT2D eigenvalue weighted by molar-refractivity contribution is 0.187. The Balaban J connectivity index is 2.64. The van der Waals surface area contributed by atoms with Gasteiger partial charge in [-0.3, -0.25) is 4.57 Å². The van der Waals surface area contributed by atoms with E-state index in [0.717, 1.165) is 16.6 Å². The maximum absolute atomic E-state index is 11.3. The number of benzene rings is 1. The molecule has 2 rings (SSSR count). The van der Waals surface area contributed by atoms with E-state index < -0.39 is 6.10 Å². The van der Waals surface area contributed by atoms with Crippen LogP contribution in [0.15, 0.2) is 23.0 Å². The molecule has 0 saturated heterocycles. The molecule has 5 nitrogen and oxygen atoms in total. The average Bonchev–Trinajstić information content (AvgIpc) is 2.54. The molecule has 0 aliphatic heterocycles. The molecule has 0 bridgehead atoms. The Morgan fingerprint density at radius 1 is 1.60 bits per heavy atom. The molecule has 0 saturated carbocycles. The summed E-state index contributed by atoms with van der Waals surface area (Å²) in [5.41, 5.74) is 7.45. The normalized spacial score (nSPS) is 13.3. The summed E-state index contributed by atoms with van der Waals surface area (Å²) in [6.07, 6.45) is -0.681. The minimum absolute atomic E-state index is 0.163. The number of fused-ring (bicyclic) bond motifs is 1. The average molecular weight is 207 g/mol. The second-order valence-electron chi connectivity index (χ2n) is 3.52. The molecule has 5 heteroatoms. The molecule has 1 atom stereocenters. The number of nitrogens with two attached hydrogens (primary N) is 1. The zero-order valence-corrected chi connectivity index (χ0v) is 8.40. The number of hydrogen-bond acceptors (Lipinski definition) is 3. The van der Waals surface area contributed by atoms with E-state index in [4.69, 9.17) is 5.73 Å². The molecule has 0 aliphatic rings. The summed E-state index contributed by atoms with van der Waals surface area (Å²) < 4.78 is 1.50. The lowest BCUT2D eigenvalue weighted by atomic mass is 10.1. The van der Waals surface area contributed by atoms with Crippen molar-refractivity contribution in [2.24, 2.45) is 12.8 Å². The van der Waals surface area contributed by atoms with Gasteiger partial charge in [-0.25, -0.2) is 4.79 Å². The number of nitrogens with one attached hydrogen (secondary N) is 1. The van der Waals surface area contributed by atoms with Crippen molar-refractivity contribution in [1.29, 1.82) is 0 Å². The van der Waals surface area contributed by atoms with E-state index in [1.807, 2.05) is 0 Å². The highest BCUT2D eigenvalue weighted by Gasteiger charge is 2.08. The quantitative estimate of drug-likeness (QED) is 0.640. The van der Waals surface area contributed by atoms with E-state index in [-0.39, 0.29) is 12.2 Å². The molecule has 4 N–H and O–H groups in total. The fraction of sp³-hybridized carbons (Fsp3) is 0.300. The van der Waals surface area contributed by atoms with Crippen molar-refractivity contribution in [3.8, 4) is 0 Å². The van der Waals surface area contributed by atoms with Crippen molar-refractivity contribution in [2.75, 3.05) is 6.54 Å². The lowest BCUT2D eigenvalue weighted by Gasteiger charge is -2.07. The fourth-order valence-corrected chi connectivity index (χ4v) is 1.58. The highest BCUT2D eigenvalue weighted by atomic mass is 16.3. The highest BCUT2D eigenvalue weighted by Crippen LogP contribution is 2.17. The molecular formula is C10H13N3O2. The van der Waals surface area contributed by atoms with Crippen LogP contribution >= 0.6 is 0 Å². The first kappa shape index (κ1) is 9.95. The summed E-state index contributed by atoms with van der Waals surface area (Å²) in [6.45, 7) is 0.171. The van der Waals surface area contributed by atoms with Crippen molar-refractivity contribution < 1.29 is 5.11 Å². The van der Waals surface area contributed by atoms with E-state index in [0.29, 0.717) is 0 Å². The van der Waals surface area contributed by atoms with Crippen LogP contribution in [0.5, 0.6) is 0 Å². The maximum atomic E-state index is 11.3. The smallest absolute Gasteiger partial charge is 0.326 e. The Labute approximate surface area is 86.1 Å². The highest BCUT2D eigenvalue weighted by molar-refractivity contribution is 5.76. The van der Waals surface area contributed by atoms with Crippen LogP contribution in [-0.4, -0.2) is 21.2 Å². The summed E-state index contributed by atoms with van der Waals surface area (Å²) >= 11 is 0. The zero-order chi connectivity index (χ0) is 11.0. The molecule has 15 heavy (non-hydrogen) atoms. The molecule has 1 unspecified atom stereocenters. The number of aliphatic hydroxyl groups is 1. The van der Waals surface area contributed by atoms with Crippen molar-refractivity contribution in [1.82, 2.24) is 9.55 Å². The predicted molar refractivity (Wildman–Crippen MR) is 57.6 cm³/mol. The molecule has 0 radical (unpaired) electrons. The number of imidazole rings is 1. The van der Waals surface area contributed by atoms with Gasteiger partial charge in [-0.05, 0) is 17.7 Å². The van der Waals surface area contributed by atoms with Gasteiger partial charge in [0.15, 0.2) is 0 Å². The number of aryl methyl sites for hydroxylation is 1. The van der Waals surface area contributed by atoms with E-state index in [9.17, 15) is 9.90 Å². The molecule has 2 aromatic rings. The van der Waals surface area contributed by atoms with Gasteiger partial charge in [0.2, 0.25) is 0 Å². The molecule has 0 spiro atoms. The standard InChI is InChI=1S/C10H13N3O2/c1-13-8-4-6(9(14)5-11)2-3-7(8)12-10(13)15/h2-4,9,14H,5,11H2,1H3,(H,12,15). The minimum Gasteiger partial charge on any atom is -0.387 e. The molecule has 1 aromatic heterocycles.